The Morgan fingerprint density at radius 2 is 0.535 bits per heavy atom. The Morgan fingerprint density at radius 1 is 0.296 bits per heavy atom. The molecule has 0 amide bonds. The molecule has 0 saturated carbocycles. The lowest BCUT2D eigenvalue weighted by molar-refractivity contribution is -0.167. The van der Waals surface area contributed by atoms with Gasteiger partial charge in [-0.05, 0) is 31.1 Å². The Morgan fingerprint density at radius 3 is 0.803 bits per heavy atom. The van der Waals surface area contributed by atoms with E-state index < -0.39 is 6.10 Å². The van der Waals surface area contributed by atoms with Crippen LogP contribution in [-0.2, 0) is 28.6 Å². The van der Waals surface area contributed by atoms with Crippen LogP contribution < -0.4 is 0 Å². The molecule has 2 atom stereocenters. The van der Waals surface area contributed by atoms with Gasteiger partial charge in [0.25, 0.3) is 0 Å². The summed E-state index contributed by atoms with van der Waals surface area (Å²) in [5.41, 5.74) is 0. The zero-order valence-corrected chi connectivity index (χ0v) is 48.9. The molecule has 0 aliphatic carbocycles. The highest BCUT2D eigenvalue weighted by molar-refractivity contribution is 5.71. The number of carbonyl (C=O) groups is 3. The van der Waals surface area contributed by atoms with Gasteiger partial charge in [-0.15, -0.1) is 0 Å². The predicted octanol–water partition coefficient (Wildman–Crippen LogP) is 21.6. The Kier molecular flexibility index (Phi) is 56.4. The summed E-state index contributed by atoms with van der Waals surface area (Å²) in [6.07, 6.45) is 63.8. The van der Waals surface area contributed by atoms with Crippen molar-refractivity contribution in [2.24, 2.45) is 11.8 Å². The molecule has 0 spiro atoms. The largest absolute Gasteiger partial charge is 0.462 e. The van der Waals surface area contributed by atoms with E-state index in [4.69, 9.17) is 14.2 Å². The first-order valence-corrected chi connectivity index (χ1v) is 32.3. The normalized spacial score (nSPS) is 12.4. The van der Waals surface area contributed by atoms with E-state index in [-0.39, 0.29) is 31.1 Å². The number of hydrogen-bond acceptors (Lipinski definition) is 6. The smallest absolute Gasteiger partial charge is 0.306 e. The first-order chi connectivity index (χ1) is 34.8. The highest BCUT2D eigenvalue weighted by Gasteiger charge is 2.19. The summed E-state index contributed by atoms with van der Waals surface area (Å²) in [7, 11) is 0. The molecule has 0 N–H and O–H groups in total. The molecule has 0 rings (SSSR count). The molecule has 0 heterocycles. The molecule has 0 fully saturated rings. The molecular weight excluding hydrogens is 877 g/mol. The van der Waals surface area contributed by atoms with E-state index in [0.717, 1.165) is 69.6 Å². The number of esters is 3. The summed E-state index contributed by atoms with van der Waals surface area (Å²) in [5.74, 6) is 0.919. The minimum absolute atomic E-state index is 0.0617. The van der Waals surface area contributed by atoms with Gasteiger partial charge >= 0.3 is 17.9 Å². The lowest BCUT2D eigenvalue weighted by Gasteiger charge is -2.18. The van der Waals surface area contributed by atoms with E-state index in [2.05, 4.69) is 34.6 Å². The second-order valence-electron chi connectivity index (χ2n) is 23.1. The Labute approximate surface area is 444 Å². The van der Waals surface area contributed by atoms with Gasteiger partial charge < -0.3 is 14.2 Å². The van der Waals surface area contributed by atoms with Crippen LogP contribution in [0.5, 0.6) is 0 Å². The fraction of sp³-hybridized carbons (Fsp3) is 0.954. The standard InChI is InChI=1S/C65H126O6/c1-6-8-9-10-11-12-13-14-15-19-27-32-37-42-47-52-57-65(68)71-62(59-70-64(67)56-51-46-41-36-31-26-22-21-24-29-34-39-44-49-54-61(5)7-2)58-69-63(66)55-50-45-40-35-30-25-20-17-16-18-23-28-33-38-43-48-53-60(3)4/h60-62H,6-59H2,1-5H3/t61?,62-/m0/s1. The highest BCUT2D eigenvalue weighted by atomic mass is 16.6. The number of ether oxygens (including phenoxy) is 3. The van der Waals surface area contributed by atoms with Crippen LogP contribution >= 0.6 is 0 Å². The van der Waals surface area contributed by atoms with Crippen LogP contribution in [-0.4, -0.2) is 37.2 Å². The molecular formula is C65H126O6. The molecule has 6 nitrogen and oxygen atoms in total. The lowest BCUT2D eigenvalue weighted by Crippen LogP contribution is -2.30. The Balaban J connectivity index is 4.28. The van der Waals surface area contributed by atoms with Crippen LogP contribution in [0.25, 0.3) is 0 Å². The van der Waals surface area contributed by atoms with Crippen molar-refractivity contribution in [1.29, 1.82) is 0 Å². The minimum Gasteiger partial charge on any atom is -0.462 e. The second-order valence-corrected chi connectivity index (χ2v) is 23.1. The summed E-state index contributed by atoms with van der Waals surface area (Å²) in [6, 6.07) is 0. The number of rotatable bonds is 59. The molecule has 0 aliphatic rings. The maximum absolute atomic E-state index is 12.9. The molecule has 71 heavy (non-hydrogen) atoms. The van der Waals surface area contributed by atoms with Crippen molar-refractivity contribution in [3.8, 4) is 0 Å². The van der Waals surface area contributed by atoms with Gasteiger partial charge in [0.1, 0.15) is 13.2 Å². The molecule has 0 aliphatic heterocycles. The van der Waals surface area contributed by atoms with Crippen LogP contribution in [0, 0.1) is 11.8 Å². The van der Waals surface area contributed by atoms with Gasteiger partial charge in [0, 0.05) is 19.3 Å². The zero-order chi connectivity index (χ0) is 51.8. The Bertz CT molecular complexity index is 1090. The molecule has 422 valence electrons. The Hall–Kier alpha value is -1.59. The maximum Gasteiger partial charge on any atom is 0.306 e. The van der Waals surface area contributed by atoms with Crippen LogP contribution in [0.2, 0.25) is 0 Å². The first-order valence-electron chi connectivity index (χ1n) is 32.3. The lowest BCUT2D eigenvalue weighted by atomic mass is 9.99. The van der Waals surface area contributed by atoms with E-state index in [1.807, 2.05) is 0 Å². The molecule has 0 aromatic heterocycles. The number of unbranched alkanes of at least 4 members (excludes halogenated alkanes) is 43. The third-order valence-electron chi connectivity index (χ3n) is 15.3. The van der Waals surface area contributed by atoms with E-state index in [9.17, 15) is 14.4 Å². The highest BCUT2D eigenvalue weighted by Crippen LogP contribution is 2.19. The van der Waals surface area contributed by atoms with Gasteiger partial charge in [0.15, 0.2) is 6.10 Å². The SMILES string of the molecule is CCCCCCCCCCCCCCCCCCC(=O)O[C@@H](COC(=O)CCCCCCCCCCCCCCCCCCC(C)C)COC(=O)CCCCCCCCCCCCCCCCC(C)CC. The zero-order valence-electron chi connectivity index (χ0n) is 48.9. The molecule has 0 saturated heterocycles. The third-order valence-corrected chi connectivity index (χ3v) is 15.3. The van der Waals surface area contributed by atoms with Gasteiger partial charge in [0.05, 0.1) is 0 Å². The first kappa shape index (κ1) is 69.4. The van der Waals surface area contributed by atoms with Crippen LogP contribution in [0.15, 0.2) is 0 Å². The molecule has 6 heteroatoms. The summed E-state index contributed by atoms with van der Waals surface area (Å²) in [4.78, 5) is 38.3. The predicted molar refractivity (Wildman–Crippen MR) is 307 cm³/mol. The molecule has 0 aromatic rings. The number of hydrogen-bond donors (Lipinski definition) is 0. The van der Waals surface area contributed by atoms with Crippen LogP contribution in [0.1, 0.15) is 369 Å². The molecule has 1 unspecified atom stereocenters. The summed E-state index contributed by atoms with van der Waals surface area (Å²) in [5, 5.41) is 0. The average molecular weight is 1000 g/mol. The van der Waals surface area contributed by atoms with Crippen molar-refractivity contribution in [2.75, 3.05) is 13.2 Å². The van der Waals surface area contributed by atoms with E-state index >= 15 is 0 Å². The summed E-state index contributed by atoms with van der Waals surface area (Å²) < 4.78 is 17.0. The van der Waals surface area contributed by atoms with Gasteiger partial charge in [-0.25, -0.2) is 0 Å². The minimum atomic E-state index is -0.764. The maximum atomic E-state index is 12.9. The number of carbonyl (C=O) groups excluding carboxylic acids is 3. The van der Waals surface area contributed by atoms with Gasteiger partial charge in [-0.1, -0.05) is 330 Å². The van der Waals surface area contributed by atoms with Crippen LogP contribution in [0.4, 0.5) is 0 Å². The summed E-state index contributed by atoms with van der Waals surface area (Å²) >= 11 is 0. The quantitative estimate of drug-likeness (QED) is 0.0343. The molecule has 0 aromatic carbocycles. The van der Waals surface area contributed by atoms with E-state index in [1.165, 1.54) is 257 Å². The van der Waals surface area contributed by atoms with Crippen molar-refractivity contribution in [2.45, 2.75) is 375 Å². The van der Waals surface area contributed by atoms with Crippen molar-refractivity contribution >= 4 is 17.9 Å². The van der Waals surface area contributed by atoms with E-state index in [1.54, 1.807) is 0 Å². The van der Waals surface area contributed by atoms with Crippen molar-refractivity contribution < 1.29 is 28.6 Å². The fourth-order valence-electron chi connectivity index (χ4n) is 10.1. The van der Waals surface area contributed by atoms with Gasteiger partial charge in [0.2, 0.25) is 0 Å². The fourth-order valence-corrected chi connectivity index (χ4v) is 10.1. The van der Waals surface area contributed by atoms with Gasteiger partial charge in [-0.3, -0.25) is 14.4 Å². The van der Waals surface area contributed by atoms with E-state index in [0.29, 0.717) is 19.3 Å². The second kappa shape index (κ2) is 57.7. The third kappa shape index (κ3) is 57.5. The van der Waals surface area contributed by atoms with Crippen LogP contribution in [0.3, 0.4) is 0 Å². The average Bonchev–Trinajstić information content (AvgIpc) is 3.36. The van der Waals surface area contributed by atoms with Gasteiger partial charge in [-0.2, -0.15) is 0 Å². The molecule has 0 radical (unpaired) electrons. The van der Waals surface area contributed by atoms with Crippen molar-refractivity contribution in [1.82, 2.24) is 0 Å². The monoisotopic (exact) mass is 1000 g/mol. The summed E-state index contributed by atoms with van der Waals surface area (Å²) in [6.45, 7) is 11.5. The topological polar surface area (TPSA) is 78.9 Å². The molecule has 0 bridgehead atoms. The van der Waals surface area contributed by atoms with Crippen molar-refractivity contribution in [3.05, 3.63) is 0 Å². The van der Waals surface area contributed by atoms with Crippen molar-refractivity contribution in [3.63, 3.8) is 0 Å².